The molecule has 1 aliphatic rings. The third-order valence-electron chi connectivity index (χ3n) is 5.76. The molecule has 0 saturated carbocycles. The van der Waals surface area contributed by atoms with Crippen LogP contribution in [-0.4, -0.2) is 41.9 Å². The summed E-state index contributed by atoms with van der Waals surface area (Å²) in [4.78, 5) is 17.3. The monoisotopic (exact) mass is 382 g/mol. The van der Waals surface area contributed by atoms with Crippen LogP contribution in [0.15, 0.2) is 48.8 Å². The number of pyridine rings is 1. The van der Waals surface area contributed by atoms with Crippen LogP contribution >= 0.6 is 0 Å². The summed E-state index contributed by atoms with van der Waals surface area (Å²) in [6, 6.07) is 12.2. The lowest BCUT2D eigenvalue weighted by Gasteiger charge is -2.37. The third-order valence-corrected chi connectivity index (χ3v) is 5.76. The molecule has 1 saturated heterocycles. The van der Waals surface area contributed by atoms with Crippen LogP contribution in [0, 0.1) is 11.3 Å². The van der Waals surface area contributed by atoms with Gasteiger partial charge in [0.2, 0.25) is 5.91 Å². The highest BCUT2D eigenvalue weighted by Gasteiger charge is 2.41. The molecule has 3 rings (SSSR count). The Hall–Kier alpha value is -2.24. The van der Waals surface area contributed by atoms with Gasteiger partial charge < -0.3 is 15.2 Å². The topological polar surface area (TPSA) is 71.5 Å². The summed E-state index contributed by atoms with van der Waals surface area (Å²) in [5.74, 6) is 0.215. The second kappa shape index (κ2) is 9.30. The van der Waals surface area contributed by atoms with E-state index in [4.69, 9.17) is 4.74 Å². The highest BCUT2D eigenvalue weighted by atomic mass is 16.5. The van der Waals surface area contributed by atoms with Gasteiger partial charge in [0.1, 0.15) is 0 Å². The largest absolute Gasteiger partial charge is 0.394 e. The van der Waals surface area contributed by atoms with Gasteiger partial charge in [-0.15, -0.1) is 0 Å². The summed E-state index contributed by atoms with van der Waals surface area (Å²) < 4.78 is 5.53. The SMILES string of the molecule is CC(C)[C@H](CO)NC(=O)C1(Cc2ccc(-c3ccncc3)cc2)CCOCC1. The highest BCUT2D eigenvalue weighted by molar-refractivity contribution is 5.83. The lowest BCUT2D eigenvalue weighted by atomic mass is 9.74. The normalized spacial score (nSPS) is 17.3. The van der Waals surface area contributed by atoms with Crippen molar-refractivity contribution in [3.8, 4) is 11.1 Å². The fourth-order valence-electron chi connectivity index (χ4n) is 3.74. The zero-order valence-corrected chi connectivity index (χ0v) is 16.7. The van der Waals surface area contributed by atoms with Crippen LogP contribution < -0.4 is 5.32 Å². The number of aliphatic hydroxyl groups excluding tert-OH is 1. The smallest absolute Gasteiger partial charge is 0.227 e. The summed E-state index contributed by atoms with van der Waals surface area (Å²) in [6.07, 6.45) is 5.64. The van der Waals surface area contributed by atoms with Gasteiger partial charge >= 0.3 is 0 Å². The fourth-order valence-corrected chi connectivity index (χ4v) is 3.74. The Morgan fingerprint density at radius 3 is 2.29 bits per heavy atom. The number of hydrogen-bond donors (Lipinski definition) is 2. The second-order valence-electron chi connectivity index (χ2n) is 8.01. The molecule has 1 amide bonds. The number of nitrogens with one attached hydrogen (secondary N) is 1. The highest BCUT2D eigenvalue weighted by Crippen LogP contribution is 2.35. The summed E-state index contributed by atoms with van der Waals surface area (Å²) in [5.41, 5.74) is 2.91. The van der Waals surface area contributed by atoms with Crippen molar-refractivity contribution in [1.29, 1.82) is 0 Å². The van der Waals surface area contributed by atoms with E-state index in [0.717, 1.165) is 16.7 Å². The van der Waals surface area contributed by atoms with Crippen LogP contribution in [-0.2, 0) is 16.0 Å². The van der Waals surface area contributed by atoms with E-state index in [1.807, 2.05) is 26.0 Å². The molecule has 1 aromatic heterocycles. The van der Waals surface area contributed by atoms with Crippen LogP contribution in [0.5, 0.6) is 0 Å². The standard InChI is InChI=1S/C23H30N2O3/c1-17(2)21(16-26)25-22(27)23(9-13-28-14-10-23)15-18-3-5-19(6-4-18)20-7-11-24-12-8-20/h3-8,11-12,17,21,26H,9-10,13-16H2,1-2H3,(H,25,27)/t21-/m0/s1. The summed E-state index contributed by atoms with van der Waals surface area (Å²) in [7, 11) is 0. The molecule has 1 fully saturated rings. The lowest BCUT2D eigenvalue weighted by molar-refractivity contribution is -0.138. The minimum absolute atomic E-state index is 0.0294. The third kappa shape index (κ3) is 4.78. The predicted molar refractivity (Wildman–Crippen MR) is 110 cm³/mol. The van der Waals surface area contributed by atoms with Crippen LogP contribution in [0.2, 0.25) is 0 Å². The van der Waals surface area contributed by atoms with Crippen molar-refractivity contribution < 1.29 is 14.6 Å². The predicted octanol–water partition coefficient (Wildman–Crippen LogP) is 3.22. The zero-order valence-electron chi connectivity index (χ0n) is 16.7. The van der Waals surface area contributed by atoms with Gasteiger partial charge in [0.25, 0.3) is 0 Å². The minimum Gasteiger partial charge on any atom is -0.394 e. The van der Waals surface area contributed by atoms with Crippen molar-refractivity contribution in [3.63, 3.8) is 0 Å². The van der Waals surface area contributed by atoms with Crippen molar-refractivity contribution in [2.75, 3.05) is 19.8 Å². The number of ether oxygens (including phenoxy) is 1. The maximum Gasteiger partial charge on any atom is 0.227 e. The molecular formula is C23H30N2O3. The summed E-state index contributed by atoms with van der Waals surface area (Å²) in [6.45, 7) is 5.16. The average molecular weight is 383 g/mol. The molecule has 1 atom stereocenters. The van der Waals surface area contributed by atoms with Crippen LogP contribution in [0.1, 0.15) is 32.3 Å². The van der Waals surface area contributed by atoms with Crippen molar-refractivity contribution >= 4 is 5.91 Å². The number of benzene rings is 1. The molecule has 2 N–H and O–H groups in total. The van der Waals surface area contributed by atoms with Crippen LogP contribution in [0.25, 0.3) is 11.1 Å². The van der Waals surface area contributed by atoms with E-state index < -0.39 is 5.41 Å². The molecule has 0 radical (unpaired) electrons. The number of hydrogen-bond acceptors (Lipinski definition) is 4. The molecule has 1 aliphatic heterocycles. The van der Waals surface area contributed by atoms with E-state index in [1.54, 1.807) is 12.4 Å². The number of amides is 1. The molecule has 2 aromatic rings. The summed E-state index contributed by atoms with van der Waals surface area (Å²) in [5, 5.41) is 12.7. The van der Waals surface area contributed by atoms with Gasteiger partial charge in [-0.3, -0.25) is 9.78 Å². The van der Waals surface area contributed by atoms with E-state index in [-0.39, 0.29) is 24.5 Å². The van der Waals surface area contributed by atoms with Crippen molar-refractivity contribution in [1.82, 2.24) is 10.3 Å². The van der Waals surface area contributed by atoms with Gasteiger partial charge in [-0.2, -0.15) is 0 Å². The maximum absolute atomic E-state index is 13.2. The molecule has 2 heterocycles. The first-order chi connectivity index (χ1) is 13.5. The number of aliphatic hydroxyl groups is 1. The second-order valence-corrected chi connectivity index (χ2v) is 8.01. The lowest BCUT2D eigenvalue weighted by Crippen LogP contribution is -2.51. The average Bonchev–Trinajstić information content (AvgIpc) is 2.73. The molecule has 150 valence electrons. The molecule has 0 aliphatic carbocycles. The van der Waals surface area contributed by atoms with E-state index in [0.29, 0.717) is 32.5 Å². The van der Waals surface area contributed by atoms with Gasteiger partial charge in [0.05, 0.1) is 18.1 Å². The van der Waals surface area contributed by atoms with Crippen molar-refractivity contribution in [2.45, 2.75) is 39.2 Å². The molecule has 1 aromatic carbocycles. The van der Waals surface area contributed by atoms with Gasteiger partial charge in [-0.25, -0.2) is 0 Å². The zero-order chi connectivity index (χ0) is 20.0. The molecular weight excluding hydrogens is 352 g/mol. The number of carbonyl (C=O) groups excluding carboxylic acids is 1. The van der Waals surface area contributed by atoms with E-state index in [1.165, 1.54) is 0 Å². The van der Waals surface area contributed by atoms with Crippen LogP contribution in [0.3, 0.4) is 0 Å². The first-order valence-electron chi connectivity index (χ1n) is 10.0. The van der Waals surface area contributed by atoms with E-state index >= 15 is 0 Å². The summed E-state index contributed by atoms with van der Waals surface area (Å²) >= 11 is 0. The van der Waals surface area contributed by atoms with Crippen molar-refractivity contribution in [2.24, 2.45) is 11.3 Å². The van der Waals surface area contributed by atoms with Gasteiger partial charge in [0.15, 0.2) is 0 Å². The number of rotatable bonds is 7. The van der Waals surface area contributed by atoms with E-state index in [2.05, 4.69) is 34.6 Å². The maximum atomic E-state index is 13.2. The molecule has 0 bridgehead atoms. The Balaban J connectivity index is 1.77. The molecule has 0 unspecified atom stereocenters. The van der Waals surface area contributed by atoms with Crippen LogP contribution in [0.4, 0.5) is 0 Å². The first-order valence-corrected chi connectivity index (χ1v) is 10.0. The van der Waals surface area contributed by atoms with Gasteiger partial charge in [-0.1, -0.05) is 38.1 Å². The van der Waals surface area contributed by atoms with Gasteiger partial charge in [-0.05, 0) is 54.0 Å². The Kier molecular flexibility index (Phi) is 6.81. The Labute approximate surface area is 167 Å². The Morgan fingerprint density at radius 1 is 1.11 bits per heavy atom. The molecule has 5 heteroatoms. The van der Waals surface area contributed by atoms with Gasteiger partial charge in [0, 0.05) is 25.6 Å². The minimum atomic E-state index is -0.487. The van der Waals surface area contributed by atoms with E-state index in [9.17, 15) is 9.90 Å². The molecule has 5 nitrogen and oxygen atoms in total. The molecule has 28 heavy (non-hydrogen) atoms. The first kappa shape index (κ1) is 20.5. The fraction of sp³-hybridized carbons (Fsp3) is 0.478. The Morgan fingerprint density at radius 2 is 1.71 bits per heavy atom. The Bertz CT molecular complexity index is 753. The quantitative estimate of drug-likeness (QED) is 0.771. The number of aromatic nitrogens is 1. The number of nitrogens with zero attached hydrogens (tertiary/aromatic N) is 1. The van der Waals surface area contributed by atoms with Crippen molar-refractivity contribution in [3.05, 3.63) is 54.4 Å². The molecule has 0 spiro atoms. The number of carbonyl (C=O) groups is 1.